The van der Waals surface area contributed by atoms with Crippen LogP contribution < -0.4 is 9.46 Å². The highest BCUT2D eigenvalue weighted by molar-refractivity contribution is 7.89. The SMILES string of the molecule is O=S(=O)(NC1CCOc2ccccc21)c1ccc(CO)o1. The van der Waals surface area contributed by atoms with Crippen LogP contribution in [0, 0.1) is 0 Å². The Morgan fingerprint density at radius 2 is 2.05 bits per heavy atom. The summed E-state index contributed by atoms with van der Waals surface area (Å²) in [5.41, 5.74) is 0.807. The second-order valence-corrected chi connectivity index (χ2v) is 6.37. The number of sulfonamides is 1. The van der Waals surface area contributed by atoms with Crippen molar-refractivity contribution in [1.82, 2.24) is 4.72 Å². The highest BCUT2D eigenvalue weighted by atomic mass is 32.2. The van der Waals surface area contributed by atoms with Crippen LogP contribution in [0.4, 0.5) is 0 Å². The number of para-hydroxylation sites is 1. The first-order valence-corrected chi connectivity index (χ1v) is 8.02. The molecular formula is C14H15NO5S. The molecule has 1 aliphatic heterocycles. The van der Waals surface area contributed by atoms with Gasteiger partial charge in [0.15, 0.2) is 0 Å². The van der Waals surface area contributed by atoms with Crippen LogP contribution in [0.5, 0.6) is 5.75 Å². The fourth-order valence-corrected chi connectivity index (χ4v) is 3.50. The van der Waals surface area contributed by atoms with Gasteiger partial charge < -0.3 is 14.3 Å². The standard InChI is InChI=1S/C14H15NO5S/c16-9-10-5-6-14(20-10)21(17,18)15-12-7-8-19-13-4-2-1-3-11(12)13/h1-6,12,15-16H,7-9H2. The summed E-state index contributed by atoms with van der Waals surface area (Å²) in [6, 6.07) is 9.74. The van der Waals surface area contributed by atoms with Crippen molar-refractivity contribution in [3.63, 3.8) is 0 Å². The van der Waals surface area contributed by atoms with E-state index in [4.69, 9.17) is 14.3 Å². The number of hydrogen-bond donors (Lipinski definition) is 2. The Morgan fingerprint density at radius 3 is 2.81 bits per heavy atom. The highest BCUT2D eigenvalue weighted by Gasteiger charge is 2.28. The first-order valence-electron chi connectivity index (χ1n) is 6.54. The van der Waals surface area contributed by atoms with E-state index in [1.807, 2.05) is 24.3 Å². The van der Waals surface area contributed by atoms with Gasteiger partial charge in [0.1, 0.15) is 18.1 Å². The second kappa shape index (κ2) is 5.51. The molecule has 0 aliphatic carbocycles. The van der Waals surface area contributed by atoms with Crippen molar-refractivity contribution in [2.24, 2.45) is 0 Å². The van der Waals surface area contributed by atoms with Gasteiger partial charge >= 0.3 is 0 Å². The van der Waals surface area contributed by atoms with E-state index < -0.39 is 10.0 Å². The molecule has 6 nitrogen and oxygen atoms in total. The summed E-state index contributed by atoms with van der Waals surface area (Å²) in [5.74, 6) is 0.898. The summed E-state index contributed by atoms with van der Waals surface area (Å²) < 4.78 is 37.8. The van der Waals surface area contributed by atoms with Gasteiger partial charge in [0.2, 0.25) is 5.09 Å². The zero-order chi connectivity index (χ0) is 14.9. The monoisotopic (exact) mass is 309 g/mol. The van der Waals surface area contributed by atoms with Crippen LogP contribution in [-0.2, 0) is 16.6 Å². The van der Waals surface area contributed by atoms with Crippen LogP contribution in [0.2, 0.25) is 0 Å². The van der Waals surface area contributed by atoms with Gasteiger partial charge in [0.25, 0.3) is 10.0 Å². The first-order chi connectivity index (χ1) is 10.1. The van der Waals surface area contributed by atoms with Crippen LogP contribution in [0.15, 0.2) is 45.9 Å². The topological polar surface area (TPSA) is 88.8 Å². The normalized spacial score (nSPS) is 18.0. The summed E-state index contributed by atoms with van der Waals surface area (Å²) in [7, 11) is -3.78. The lowest BCUT2D eigenvalue weighted by atomic mass is 10.0. The molecule has 0 fully saturated rings. The van der Waals surface area contributed by atoms with Crippen molar-refractivity contribution in [2.75, 3.05) is 6.61 Å². The number of aliphatic hydroxyl groups excluding tert-OH is 1. The molecule has 1 atom stereocenters. The maximum atomic E-state index is 12.3. The minimum atomic E-state index is -3.78. The summed E-state index contributed by atoms with van der Waals surface area (Å²) in [5, 5.41) is 8.74. The molecule has 21 heavy (non-hydrogen) atoms. The molecule has 3 rings (SSSR count). The summed E-state index contributed by atoms with van der Waals surface area (Å²) >= 11 is 0. The third-order valence-electron chi connectivity index (χ3n) is 3.31. The van der Waals surface area contributed by atoms with E-state index in [2.05, 4.69) is 4.72 Å². The molecule has 7 heteroatoms. The number of ether oxygens (including phenoxy) is 1. The fraction of sp³-hybridized carbons (Fsp3) is 0.286. The maximum Gasteiger partial charge on any atom is 0.274 e. The molecule has 1 unspecified atom stereocenters. The smallest absolute Gasteiger partial charge is 0.274 e. The summed E-state index contributed by atoms with van der Waals surface area (Å²) in [4.78, 5) is 0. The van der Waals surface area contributed by atoms with Gasteiger partial charge in [-0.25, -0.2) is 13.1 Å². The van der Waals surface area contributed by atoms with Crippen LogP contribution in [0.25, 0.3) is 0 Å². The summed E-state index contributed by atoms with van der Waals surface area (Å²) in [6.07, 6.45) is 0.545. The molecular weight excluding hydrogens is 294 g/mol. The molecule has 0 radical (unpaired) electrons. The molecule has 0 bridgehead atoms. The van der Waals surface area contributed by atoms with Crippen molar-refractivity contribution < 1.29 is 22.7 Å². The van der Waals surface area contributed by atoms with Gasteiger partial charge in [-0.1, -0.05) is 18.2 Å². The Morgan fingerprint density at radius 1 is 1.24 bits per heavy atom. The third-order valence-corrected chi connectivity index (χ3v) is 4.66. The Hall–Kier alpha value is -1.83. The Labute approximate surface area is 122 Å². The van der Waals surface area contributed by atoms with Gasteiger partial charge in [-0.3, -0.25) is 0 Å². The van der Waals surface area contributed by atoms with E-state index in [1.54, 1.807) is 0 Å². The number of rotatable bonds is 4. The number of fused-ring (bicyclic) bond motifs is 1. The average molecular weight is 309 g/mol. The molecule has 0 saturated heterocycles. The Kier molecular flexibility index (Phi) is 3.71. The van der Waals surface area contributed by atoms with Crippen molar-refractivity contribution >= 4 is 10.0 Å². The first kappa shape index (κ1) is 14.1. The van der Waals surface area contributed by atoms with E-state index in [-0.39, 0.29) is 23.5 Å². The van der Waals surface area contributed by atoms with E-state index in [0.29, 0.717) is 18.8 Å². The quantitative estimate of drug-likeness (QED) is 0.895. The fourth-order valence-electron chi connectivity index (χ4n) is 2.30. The van der Waals surface area contributed by atoms with E-state index >= 15 is 0 Å². The van der Waals surface area contributed by atoms with E-state index in [0.717, 1.165) is 5.56 Å². The molecule has 112 valence electrons. The van der Waals surface area contributed by atoms with Crippen LogP contribution in [0.1, 0.15) is 23.8 Å². The predicted octanol–water partition coefficient (Wildman–Crippen LogP) is 1.57. The van der Waals surface area contributed by atoms with Gasteiger partial charge in [0, 0.05) is 12.0 Å². The minimum Gasteiger partial charge on any atom is -0.493 e. The third kappa shape index (κ3) is 2.80. The molecule has 0 amide bonds. The molecule has 0 spiro atoms. The van der Waals surface area contributed by atoms with E-state index in [1.165, 1.54) is 12.1 Å². The molecule has 1 aromatic heterocycles. The summed E-state index contributed by atoms with van der Waals surface area (Å²) in [6.45, 7) is 0.111. The lowest BCUT2D eigenvalue weighted by Crippen LogP contribution is -2.32. The van der Waals surface area contributed by atoms with Crippen molar-refractivity contribution in [2.45, 2.75) is 24.2 Å². The van der Waals surface area contributed by atoms with Crippen molar-refractivity contribution in [1.29, 1.82) is 0 Å². The number of aliphatic hydroxyl groups is 1. The van der Waals surface area contributed by atoms with Gasteiger partial charge in [-0.2, -0.15) is 0 Å². The highest BCUT2D eigenvalue weighted by Crippen LogP contribution is 2.32. The maximum absolute atomic E-state index is 12.3. The molecule has 2 N–H and O–H groups in total. The molecule has 2 heterocycles. The molecule has 1 aliphatic rings. The van der Waals surface area contributed by atoms with Crippen LogP contribution in [0.3, 0.4) is 0 Å². The second-order valence-electron chi connectivity index (χ2n) is 4.73. The molecule has 2 aromatic rings. The zero-order valence-corrected chi connectivity index (χ0v) is 12.0. The lowest BCUT2D eigenvalue weighted by Gasteiger charge is -2.26. The van der Waals surface area contributed by atoms with E-state index in [9.17, 15) is 8.42 Å². The van der Waals surface area contributed by atoms with Gasteiger partial charge in [0.05, 0.1) is 12.6 Å². The zero-order valence-electron chi connectivity index (χ0n) is 11.2. The number of nitrogens with one attached hydrogen (secondary N) is 1. The predicted molar refractivity (Wildman–Crippen MR) is 74.2 cm³/mol. The number of furan rings is 1. The van der Waals surface area contributed by atoms with Gasteiger partial charge in [-0.15, -0.1) is 0 Å². The van der Waals surface area contributed by atoms with Crippen molar-refractivity contribution in [3.8, 4) is 5.75 Å². The Bertz CT molecular complexity index is 737. The van der Waals surface area contributed by atoms with Crippen molar-refractivity contribution in [3.05, 3.63) is 47.7 Å². The minimum absolute atomic E-state index is 0.199. The Balaban J connectivity index is 1.86. The average Bonchev–Trinajstić information content (AvgIpc) is 2.97. The molecule has 0 saturated carbocycles. The van der Waals surface area contributed by atoms with Crippen LogP contribution in [-0.4, -0.2) is 20.1 Å². The lowest BCUT2D eigenvalue weighted by molar-refractivity contribution is 0.235. The van der Waals surface area contributed by atoms with Gasteiger partial charge in [-0.05, 0) is 18.2 Å². The molecule has 1 aromatic carbocycles. The van der Waals surface area contributed by atoms with Crippen LogP contribution >= 0.6 is 0 Å². The number of hydrogen-bond acceptors (Lipinski definition) is 5. The largest absolute Gasteiger partial charge is 0.493 e. The number of benzene rings is 1.